The van der Waals surface area contributed by atoms with Crippen molar-refractivity contribution in [2.75, 3.05) is 0 Å². The van der Waals surface area contributed by atoms with E-state index in [-0.39, 0.29) is 11.7 Å². The number of rotatable bonds is 3. The van der Waals surface area contributed by atoms with Crippen molar-refractivity contribution in [3.8, 4) is 0 Å². The number of amidine groups is 1. The number of nitrogens with two attached hydrogens (primary N) is 1. The third-order valence-electron chi connectivity index (χ3n) is 1.88. The molecule has 0 aromatic heterocycles. The number of hydrogen-bond donors (Lipinski definition) is 3. The lowest BCUT2D eigenvalue weighted by Crippen LogP contribution is -2.38. The molecule has 0 heterocycles. The molecule has 0 spiro atoms. The molecule has 0 aliphatic heterocycles. The molecule has 1 amide bonds. The lowest BCUT2D eigenvalue weighted by Gasteiger charge is -2.08. The molecule has 0 aromatic carbocycles. The second kappa shape index (κ2) is 3.42. The Bertz CT molecular complexity index is 211. The van der Waals surface area contributed by atoms with Crippen molar-refractivity contribution in [2.24, 2.45) is 16.8 Å². The first-order valence-corrected chi connectivity index (χ1v) is 3.93. The molecule has 68 valence electrons. The van der Waals surface area contributed by atoms with Gasteiger partial charge in [-0.05, 0) is 19.8 Å². The quantitative estimate of drug-likeness (QED) is 0.235. The van der Waals surface area contributed by atoms with Crippen LogP contribution in [0.25, 0.3) is 0 Å². The van der Waals surface area contributed by atoms with E-state index in [1.54, 1.807) is 6.92 Å². The Hall–Kier alpha value is -1.26. The number of amides is 1. The van der Waals surface area contributed by atoms with E-state index in [4.69, 9.17) is 10.9 Å². The summed E-state index contributed by atoms with van der Waals surface area (Å²) in [6, 6.07) is 0.312. The summed E-state index contributed by atoms with van der Waals surface area (Å²) in [4.78, 5) is 11.2. The van der Waals surface area contributed by atoms with Crippen molar-refractivity contribution < 1.29 is 10.0 Å². The van der Waals surface area contributed by atoms with E-state index in [0.717, 1.165) is 12.8 Å². The van der Waals surface area contributed by atoms with Gasteiger partial charge >= 0.3 is 0 Å². The molecule has 1 atom stereocenters. The van der Waals surface area contributed by atoms with Gasteiger partial charge in [0.25, 0.3) is 0 Å². The Balaban J connectivity index is 2.39. The van der Waals surface area contributed by atoms with Gasteiger partial charge < -0.3 is 16.3 Å². The van der Waals surface area contributed by atoms with Gasteiger partial charge in [-0.2, -0.15) is 0 Å². The molecule has 1 fully saturated rings. The van der Waals surface area contributed by atoms with Crippen LogP contribution in [0.1, 0.15) is 19.8 Å². The first kappa shape index (κ1) is 8.83. The molecule has 1 rings (SSSR count). The van der Waals surface area contributed by atoms with E-state index >= 15 is 0 Å². The van der Waals surface area contributed by atoms with E-state index in [9.17, 15) is 4.79 Å². The minimum absolute atomic E-state index is 0.0480. The Morgan fingerprint density at radius 1 is 1.75 bits per heavy atom. The number of nitrogens with one attached hydrogen (secondary N) is 1. The van der Waals surface area contributed by atoms with Crippen LogP contribution in [0.5, 0.6) is 0 Å². The maximum Gasteiger partial charge on any atom is 0.230 e. The second-order valence-electron chi connectivity index (χ2n) is 3.03. The van der Waals surface area contributed by atoms with Crippen LogP contribution in [0.3, 0.4) is 0 Å². The van der Waals surface area contributed by atoms with Gasteiger partial charge in [-0.25, -0.2) is 0 Å². The van der Waals surface area contributed by atoms with E-state index in [1.165, 1.54) is 0 Å². The predicted molar refractivity (Wildman–Crippen MR) is 43.7 cm³/mol. The highest BCUT2D eigenvalue weighted by Crippen LogP contribution is 2.19. The average Bonchev–Trinajstić information content (AvgIpc) is 2.85. The first-order chi connectivity index (χ1) is 5.65. The summed E-state index contributed by atoms with van der Waals surface area (Å²) in [5, 5.41) is 13.8. The van der Waals surface area contributed by atoms with Gasteiger partial charge in [0.2, 0.25) is 5.91 Å². The fraction of sp³-hybridized carbons (Fsp3) is 0.714. The molecule has 5 heteroatoms. The topological polar surface area (TPSA) is 87.7 Å². The molecule has 4 N–H and O–H groups in total. The van der Waals surface area contributed by atoms with Crippen LogP contribution in [-0.2, 0) is 4.79 Å². The monoisotopic (exact) mass is 171 g/mol. The minimum Gasteiger partial charge on any atom is -0.409 e. The summed E-state index contributed by atoms with van der Waals surface area (Å²) in [5.74, 6) is -0.767. The number of hydrogen-bond acceptors (Lipinski definition) is 3. The van der Waals surface area contributed by atoms with Crippen LogP contribution >= 0.6 is 0 Å². The van der Waals surface area contributed by atoms with Crippen molar-refractivity contribution in [2.45, 2.75) is 25.8 Å². The number of oxime groups is 1. The molecule has 5 nitrogen and oxygen atoms in total. The minimum atomic E-state index is -0.546. The molecule has 12 heavy (non-hydrogen) atoms. The van der Waals surface area contributed by atoms with Crippen LogP contribution in [0.4, 0.5) is 0 Å². The van der Waals surface area contributed by atoms with Crippen LogP contribution < -0.4 is 11.1 Å². The number of carbonyl (C=O) groups excluding carboxylic acids is 1. The number of nitrogens with zero attached hydrogens (tertiary/aromatic N) is 1. The van der Waals surface area contributed by atoms with E-state index in [2.05, 4.69) is 10.5 Å². The molecule has 1 unspecified atom stereocenters. The molecule has 1 aliphatic rings. The van der Waals surface area contributed by atoms with Gasteiger partial charge in [-0.1, -0.05) is 5.16 Å². The lowest BCUT2D eigenvalue weighted by atomic mass is 10.1. The van der Waals surface area contributed by atoms with Gasteiger partial charge in [0, 0.05) is 6.04 Å². The third-order valence-corrected chi connectivity index (χ3v) is 1.88. The van der Waals surface area contributed by atoms with Gasteiger partial charge in [-0.3, -0.25) is 4.79 Å². The molecular weight excluding hydrogens is 158 g/mol. The van der Waals surface area contributed by atoms with Crippen molar-refractivity contribution in [3.05, 3.63) is 0 Å². The standard InChI is InChI=1S/C7H13N3O2/c1-4(6(8)10-12)7(11)9-5-2-3-5/h4-5,12H,2-3H2,1H3,(H2,8,10)(H,9,11). The van der Waals surface area contributed by atoms with Gasteiger partial charge in [0.15, 0.2) is 5.84 Å². The highest BCUT2D eigenvalue weighted by atomic mass is 16.4. The zero-order valence-corrected chi connectivity index (χ0v) is 6.95. The highest BCUT2D eigenvalue weighted by Gasteiger charge is 2.26. The molecule has 1 saturated carbocycles. The zero-order chi connectivity index (χ0) is 9.14. The average molecular weight is 171 g/mol. The second-order valence-corrected chi connectivity index (χ2v) is 3.03. The van der Waals surface area contributed by atoms with Crippen molar-refractivity contribution in [1.29, 1.82) is 0 Å². The molecule has 0 saturated heterocycles. The Labute approximate surface area is 70.6 Å². The van der Waals surface area contributed by atoms with Crippen molar-refractivity contribution >= 4 is 11.7 Å². The van der Waals surface area contributed by atoms with Crippen LogP contribution in [0, 0.1) is 5.92 Å². The summed E-state index contributed by atoms with van der Waals surface area (Å²) in [6.07, 6.45) is 2.07. The Morgan fingerprint density at radius 2 is 2.33 bits per heavy atom. The largest absolute Gasteiger partial charge is 0.409 e. The van der Waals surface area contributed by atoms with Gasteiger partial charge in [0.1, 0.15) is 0 Å². The summed E-state index contributed by atoms with van der Waals surface area (Å²) in [7, 11) is 0. The fourth-order valence-electron chi connectivity index (χ4n) is 0.775. The van der Waals surface area contributed by atoms with Gasteiger partial charge in [0.05, 0.1) is 5.92 Å². The molecule has 0 aromatic rings. The molecule has 0 bridgehead atoms. The Morgan fingerprint density at radius 3 is 2.75 bits per heavy atom. The Kier molecular flexibility index (Phi) is 2.52. The van der Waals surface area contributed by atoms with E-state index in [0.29, 0.717) is 6.04 Å². The molecular formula is C7H13N3O2. The molecule has 1 aliphatic carbocycles. The van der Waals surface area contributed by atoms with E-state index < -0.39 is 5.92 Å². The summed E-state index contributed by atoms with van der Waals surface area (Å²) in [6.45, 7) is 1.60. The smallest absolute Gasteiger partial charge is 0.230 e. The maximum absolute atomic E-state index is 11.2. The highest BCUT2D eigenvalue weighted by molar-refractivity contribution is 6.01. The number of carbonyl (C=O) groups is 1. The van der Waals surface area contributed by atoms with Crippen LogP contribution in [0.15, 0.2) is 5.16 Å². The normalized spacial score (nSPS) is 20.2. The predicted octanol–water partition coefficient (Wildman–Crippen LogP) is -0.352. The van der Waals surface area contributed by atoms with E-state index in [1.807, 2.05) is 0 Å². The summed E-state index contributed by atoms with van der Waals surface area (Å²) < 4.78 is 0. The zero-order valence-electron chi connectivity index (χ0n) is 6.95. The summed E-state index contributed by atoms with van der Waals surface area (Å²) in [5.41, 5.74) is 5.25. The lowest BCUT2D eigenvalue weighted by molar-refractivity contribution is -0.122. The third kappa shape index (κ3) is 2.11. The first-order valence-electron chi connectivity index (χ1n) is 3.93. The summed E-state index contributed by atoms with van der Waals surface area (Å²) >= 11 is 0. The van der Waals surface area contributed by atoms with Gasteiger partial charge in [-0.15, -0.1) is 0 Å². The molecule has 0 radical (unpaired) electrons. The SMILES string of the molecule is CC(C(=O)NC1CC1)C(N)=NO. The van der Waals surface area contributed by atoms with Crippen molar-refractivity contribution in [1.82, 2.24) is 5.32 Å². The maximum atomic E-state index is 11.2. The fourth-order valence-corrected chi connectivity index (χ4v) is 0.775. The van der Waals surface area contributed by atoms with Crippen LogP contribution in [-0.4, -0.2) is 23.0 Å². The van der Waals surface area contributed by atoms with Crippen molar-refractivity contribution in [3.63, 3.8) is 0 Å². The van der Waals surface area contributed by atoms with Crippen LogP contribution in [0.2, 0.25) is 0 Å².